The highest BCUT2D eigenvalue weighted by molar-refractivity contribution is 5.94. The van der Waals surface area contributed by atoms with E-state index in [-0.39, 0.29) is 37.3 Å². The maximum atomic E-state index is 13.2. The Balaban J connectivity index is 1.59. The molecule has 0 radical (unpaired) electrons. The van der Waals surface area contributed by atoms with E-state index in [2.05, 4.69) is 10.1 Å². The second-order valence-corrected chi connectivity index (χ2v) is 7.93. The molecule has 1 aliphatic heterocycles. The summed E-state index contributed by atoms with van der Waals surface area (Å²) in [6, 6.07) is 11.1. The van der Waals surface area contributed by atoms with Gasteiger partial charge in [0.2, 0.25) is 0 Å². The Bertz CT molecular complexity index is 1080. The Labute approximate surface area is 185 Å². The van der Waals surface area contributed by atoms with E-state index >= 15 is 0 Å². The van der Waals surface area contributed by atoms with Gasteiger partial charge in [0.1, 0.15) is 17.3 Å². The minimum atomic E-state index is -0.939. The monoisotopic (exact) mass is 437 g/mol. The Morgan fingerprint density at radius 3 is 2.78 bits per heavy atom. The highest BCUT2D eigenvalue weighted by atomic mass is 19.1. The van der Waals surface area contributed by atoms with Crippen LogP contribution in [-0.2, 0) is 16.0 Å². The second kappa shape index (κ2) is 9.30. The molecule has 1 fully saturated rings. The van der Waals surface area contributed by atoms with Crippen LogP contribution in [0.25, 0.3) is 11.3 Å². The molecule has 1 saturated heterocycles. The molecule has 0 spiro atoms. The zero-order chi connectivity index (χ0) is 22.6. The summed E-state index contributed by atoms with van der Waals surface area (Å²) in [5.74, 6) is -0.355. The SMILES string of the molecule is CCOC(=O)[C@@]1(Cc2cc(-c3ccc(F)cc3)no2)CCCN(C(=O)c2cccnc2)C1. The third kappa shape index (κ3) is 4.54. The average Bonchev–Trinajstić information content (AvgIpc) is 3.28. The van der Waals surface area contributed by atoms with Crippen LogP contribution in [0.1, 0.15) is 35.9 Å². The summed E-state index contributed by atoms with van der Waals surface area (Å²) in [6.07, 6.45) is 4.60. The van der Waals surface area contributed by atoms with Gasteiger partial charge in [-0.05, 0) is 56.2 Å². The predicted octanol–water partition coefficient (Wildman–Crippen LogP) is 3.90. The largest absolute Gasteiger partial charge is 0.466 e. The number of benzene rings is 1. The van der Waals surface area contributed by atoms with E-state index in [0.717, 1.165) is 0 Å². The summed E-state index contributed by atoms with van der Waals surface area (Å²) in [6.45, 7) is 2.76. The number of hydrogen-bond donors (Lipinski definition) is 0. The summed E-state index contributed by atoms with van der Waals surface area (Å²) in [5, 5.41) is 4.08. The normalized spacial score (nSPS) is 18.4. The lowest BCUT2D eigenvalue weighted by Crippen LogP contribution is -2.51. The van der Waals surface area contributed by atoms with Crippen LogP contribution >= 0.6 is 0 Å². The molecule has 4 rings (SSSR count). The number of halogens is 1. The van der Waals surface area contributed by atoms with E-state index in [4.69, 9.17) is 9.26 Å². The third-order valence-electron chi connectivity index (χ3n) is 5.69. The number of piperidine rings is 1. The summed E-state index contributed by atoms with van der Waals surface area (Å²) in [5.41, 5.74) is 0.804. The number of amides is 1. The highest BCUT2D eigenvalue weighted by Crippen LogP contribution is 2.36. The van der Waals surface area contributed by atoms with Crippen molar-refractivity contribution in [3.8, 4) is 11.3 Å². The first-order chi connectivity index (χ1) is 15.5. The quantitative estimate of drug-likeness (QED) is 0.544. The number of aromatic nitrogens is 2. The topological polar surface area (TPSA) is 85.5 Å². The molecule has 1 aromatic carbocycles. The minimum absolute atomic E-state index is 0.170. The molecule has 8 heteroatoms. The van der Waals surface area contributed by atoms with Gasteiger partial charge in [0.05, 0.1) is 17.6 Å². The molecule has 0 N–H and O–H groups in total. The molecule has 1 amide bonds. The molecule has 3 aromatic rings. The average molecular weight is 437 g/mol. The van der Waals surface area contributed by atoms with Crippen LogP contribution in [0.2, 0.25) is 0 Å². The van der Waals surface area contributed by atoms with E-state index in [1.807, 2.05) is 0 Å². The predicted molar refractivity (Wildman–Crippen MR) is 114 cm³/mol. The van der Waals surface area contributed by atoms with Gasteiger partial charge in [-0.2, -0.15) is 0 Å². The van der Waals surface area contributed by atoms with Gasteiger partial charge < -0.3 is 14.2 Å². The number of hydrogen-bond acceptors (Lipinski definition) is 6. The molecule has 1 aliphatic rings. The Morgan fingerprint density at radius 2 is 2.06 bits per heavy atom. The van der Waals surface area contributed by atoms with Crippen LogP contribution in [0.15, 0.2) is 59.4 Å². The van der Waals surface area contributed by atoms with Gasteiger partial charge in [0.25, 0.3) is 5.91 Å². The first-order valence-corrected chi connectivity index (χ1v) is 10.6. The van der Waals surface area contributed by atoms with Crippen molar-refractivity contribution < 1.29 is 23.2 Å². The summed E-state index contributed by atoms with van der Waals surface area (Å²) < 4.78 is 24.1. The van der Waals surface area contributed by atoms with Crippen LogP contribution in [-0.4, -0.2) is 46.6 Å². The fourth-order valence-electron chi connectivity index (χ4n) is 4.13. The molecule has 7 nitrogen and oxygen atoms in total. The lowest BCUT2D eigenvalue weighted by atomic mass is 9.76. The number of pyridine rings is 1. The molecule has 0 bridgehead atoms. The van der Waals surface area contributed by atoms with Crippen molar-refractivity contribution >= 4 is 11.9 Å². The van der Waals surface area contributed by atoms with Crippen LogP contribution in [0.4, 0.5) is 4.39 Å². The first kappa shape index (κ1) is 21.7. The summed E-state index contributed by atoms with van der Waals surface area (Å²) >= 11 is 0. The van der Waals surface area contributed by atoms with Crippen LogP contribution < -0.4 is 0 Å². The smallest absolute Gasteiger partial charge is 0.314 e. The number of likely N-dealkylation sites (tertiary alicyclic amines) is 1. The number of nitrogens with zero attached hydrogens (tertiary/aromatic N) is 3. The second-order valence-electron chi connectivity index (χ2n) is 7.93. The lowest BCUT2D eigenvalue weighted by Gasteiger charge is -2.40. The van der Waals surface area contributed by atoms with Gasteiger partial charge in [-0.3, -0.25) is 14.6 Å². The van der Waals surface area contributed by atoms with Gasteiger partial charge in [0, 0.05) is 43.5 Å². The molecule has 166 valence electrons. The molecule has 3 heterocycles. The Kier molecular flexibility index (Phi) is 6.30. The maximum absolute atomic E-state index is 13.2. The highest BCUT2D eigenvalue weighted by Gasteiger charge is 2.46. The van der Waals surface area contributed by atoms with Crippen LogP contribution in [0.5, 0.6) is 0 Å². The van der Waals surface area contributed by atoms with Crippen molar-refractivity contribution in [3.63, 3.8) is 0 Å². The van der Waals surface area contributed by atoms with Crippen molar-refractivity contribution in [1.82, 2.24) is 15.0 Å². The standard InChI is InChI=1S/C24H24FN3O4/c1-2-31-23(30)24(10-4-12-28(16-24)22(29)18-5-3-11-26-15-18)14-20-13-21(27-32-20)17-6-8-19(25)9-7-17/h3,5-9,11,13,15H,2,4,10,12,14,16H2,1H3/t24-/m1/s1. The number of esters is 1. The van der Waals surface area contributed by atoms with Crippen molar-refractivity contribution in [2.45, 2.75) is 26.2 Å². The maximum Gasteiger partial charge on any atom is 0.314 e. The molecule has 1 atom stereocenters. The van der Waals surface area contributed by atoms with E-state index < -0.39 is 5.41 Å². The zero-order valence-corrected chi connectivity index (χ0v) is 17.8. The van der Waals surface area contributed by atoms with Gasteiger partial charge in [-0.1, -0.05) is 5.16 Å². The fraction of sp³-hybridized carbons (Fsp3) is 0.333. The molecule has 0 unspecified atom stereocenters. The first-order valence-electron chi connectivity index (χ1n) is 10.6. The zero-order valence-electron chi connectivity index (χ0n) is 17.8. The molecular weight excluding hydrogens is 413 g/mol. The fourth-order valence-corrected chi connectivity index (χ4v) is 4.13. The van der Waals surface area contributed by atoms with Gasteiger partial charge in [-0.25, -0.2) is 4.39 Å². The van der Waals surface area contributed by atoms with Crippen molar-refractivity contribution in [2.24, 2.45) is 5.41 Å². The summed E-state index contributed by atoms with van der Waals surface area (Å²) in [4.78, 5) is 31.8. The van der Waals surface area contributed by atoms with Crippen molar-refractivity contribution in [3.05, 3.63) is 72.0 Å². The number of rotatable bonds is 6. The van der Waals surface area contributed by atoms with Crippen molar-refractivity contribution in [2.75, 3.05) is 19.7 Å². The number of ether oxygens (including phenoxy) is 1. The molecular formula is C24H24FN3O4. The molecule has 0 saturated carbocycles. The van der Waals surface area contributed by atoms with Crippen LogP contribution in [0.3, 0.4) is 0 Å². The van der Waals surface area contributed by atoms with E-state index in [1.165, 1.54) is 18.3 Å². The Hall–Kier alpha value is -3.55. The number of carbonyl (C=O) groups is 2. The van der Waals surface area contributed by atoms with Gasteiger partial charge >= 0.3 is 5.97 Å². The van der Waals surface area contributed by atoms with E-state index in [9.17, 15) is 14.0 Å². The van der Waals surface area contributed by atoms with Crippen LogP contribution in [0, 0.1) is 11.2 Å². The van der Waals surface area contributed by atoms with E-state index in [0.29, 0.717) is 42.0 Å². The minimum Gasteiger partial charge on any atom is -0.466 e. The molecule has 0 aliphatic carbocycles. The van der Waals surface area contributed by atoms with E-state index in [1.54, 1.807) is 48.4 Å². The summed E-state index contributed by atoms with van der Waals surface area (Å²) in [7, 11) is 0. The van der Waals surface area contributed by atoms with Gasteiger partial charge in [0.15, 0.2) is 0 Å². The van der Waals surface area contributed by atoms with Gasteiger partial charge in [-0.15, -0.1) is 0 Å². The molecule has 32 heavy (non-hydrogen) atoms. The molecule has 2 aromatic heterocycles. The number of carbonyl (C=O) groups excluding carboxylic acids is 2. The third-order valence-corrected chi connectivity index (χ3v) is 5.69. The Morgan fingerprint density at radius 1 is 1.25 bits per heavy atom. The lowest BCUT2D eigenvalue weighted by molar-refractivity contribution is -0.158. The van der Waals surface area contributed by atoms with Crippen molar-refractivity contribution in [1.29, 1.82) is 0 Å².